The molecule has 34 heavy (non-hydrogen) atoms. The van der Waals surface area contributed by atoms with Gasteiger partial charge in [-0.3, -0.25) is 5.43 Å². The molecule has 8 heteroatoms. The lowest BCUT2D eigenvalue weighted by Gasteiger charge is -2.33. The first kappa shape index (κ1) is 27.1. The SMILES string of the molecule is CC(C)N(CC(O)C(Cc1ccccc1)NC(=O)OCc1ccccc1)NC(=O)NC(C)(C)C. The van der Waals surface area contributed by atoms with Gasteiger partial charge in [0, 0.05) is 18.1 Å². The standard InChI is InChI=1S/C26H38N4O4/c1-19(2)30(29-24(32)28-26(3,4)5)17-23(31)22(16-20-12-8-6-9-13-20)27-25(33)34-18-21-14-10-7-11-15-21/h6-15,19,22-23,31H,16-18H2,1-5H3,(H,27,33)(H2,28,29,32). The lowest BCUT2D eigenvalue weighted by molar-refractivity contribution is 0.0427. The predicted octanol–water partition coefficient (Wildman–Crippen LogP) is 3.61. The van der Waals surface area contributed by atoms with Gasteiger partial charge in [-0.15, -0.1) is 0 Å². The van der Waals surface area contributed by atoms with E-state index in [2.05, 4.69) is 16.1 Å². The van der Waals surface area contributed by atoms with E-state index < -0.39 is 23.8 Å². The van der Waals surface area contributed by atoms with E-state index >= 15 is 0 Å². The van der Waals surface area contributed by atoms with Gasteiger partial charge < -0.3 is 20.5 Å². The second kappa shape index (κ2) is 13.0. The molecule has 2 atom stereocenters. The van der Waals surface area contributed by atoms with Crippen LogP contribution >= 0.6 is 0 Å². The second-order valence-corrected chi connectivity index (χ2v) is 9.63. The van der Waals surface area contributed by atoms with Crippen molar-refractivity contribution in [3.63, 3.8) is 0 Å². The Hall–Kier alpha value is -3.10. The molecule has 0 aliphatic carbocycles. The number of aliphatic hydroxyl groups is 1. The fourth-order valence-electron chi connectivity index (χ4n) is 3.28. The highest BCUT2D eigenvalue weighted by Gasteiger charge is 2.27. The molecular weight excluding hydrogens is 432 g/mol. The van der Waals surface area contributed by atoms with Crippen molar-refractivity contribution in [3.8, 4) is 0 Å². The lowest BCUT2D eigenvalue weighted by Crippen LogP contribution is -2.58. The molecule has 2 aromatic carbocycles. The number of carbonyl (C=O) groups excluding carboxylic acids is 2. The van der Waals surface area contributed by atoms with Gasteiger partial charge in [0.1, 0.15) is 6.61 Å². The van der Waals surface area contributed by atoms with Crippen LogP contribution in [0.5, 0.6) is 0 Å². The molecule has 0 aliphatic rings. The molecule has 0 bridgehead atoms. The van der Waals surface area contributed by atoms with E-state index in [9.17, 15) is 14.7 Å². The summed E-state index contributed by atoms with van der Waals surface area (Å²) in [7, 11) is 0. The molecule has 0 spiro atoms. The van der Waals surface area contributed by atoms with Gasteiger partial charge >= 0.3 is 12.1 Å². The van der Waals surface area contributed by atoms with Crippen LogP contribution in [0.2, 0.25) is 0 Å². The molecule has 186 valence electrons. The zero-order valence-electron chi connectivity index (χ0n) is 20.7. The first-order valence-corrected chi connectivity index (χ1v) is 11.6. The van der Waals surface area contributed by atoms with E-state index in [-0.39, 0.29) is 25.2 Å². The number of rotatable bonds is 10. The largest absolute Gasteiger partial charge is 0.445 e. The third-order valence-corrected chi connectivity index (χ3v) is 5.02. The van der Waals surface area contributed by atoms with Gasteiger partial charge in [-0.25, -0.2) is 14.6 Å². The Balaban J connectivity index is 2.06. The zero-order chi connectivity index (χ0) is 25.1. The number of urea groups is 1. The third kappa shape index (κ3) is 10.2. The number of hydrogen-bond acceptors (Lipinski definition) is 5. The quantitative estimate of drug-likeness (QED) is 0.397. The minimum absolute atomic E-state index is 0.0808. The van der Waals surface area contributed by atoms with Crippen LogP contribution in [0, 0.1) is 0 Å². The van der Waals surface area contributed by atoms with Crippen molar-refractivity contribution < 1.29 is 19.4 Å². The van der Waals surface area contributed by atoms with Gasteiger partial charge in [-0.05, 0) is 52.2 Å². The minimum Gasteiger partial charge on any atom is -0.445 e. The van der Waals surface area contributed by atoms with Gasteiger partial charge in [0.05, 0.1) is 12.1 Å². The number of carbonyl (C=O) groups is 2. The maximum atomic E-state index is 12.5. The molecule has 0 saturated heterocycles. The summed E-state index contributed by atoms with van der Waals surface area (Å²) in [6.45, 7) is 9.75. The van der Waals surface area contributed by atoms with Crippen molar-refractivity contribution in [1.29, 1.82) is 0 Å². The van der Waals surface area contributed by atoms with Crippen LogP contribution < -0.4 is 16.1 Å². The van der Waals surface area contributed by atoms with Gasteiger partial charge in [-0.1, -0.05) is 60.7 Å². The highest BCUT2D eigenvalue weighted by atomic mass is 16.5. The van der Waals surface area contributed by atoms with E-state index in [1.165, 1.54) is 0 Å². The summed E-state index contributed by atoms with van der Waals surface area (Å²) < 4.78 is 5.36. The Labute approximate surface area is 202 Å². The molecule has 8 nitrogen and oxygen atoms in total. The monoisotopic (exact) mass is 470 g/mol. The van der Waals surface area contributed by atoms with Crippen molar-refractivity contribution in [2.24, 2.45) is 0 Å². The van der Waals surface area contributed by atoms with E-state index in [1.54, 1.807) is 5.01 Å². The van der Waals surface area contributed by atoms with Crippen LogP contribution in [0.3, 0.4) is 0 Å². The summed E-state index contributed by atoms with van der Waals surface area (Å²) in [5.74, 6) is 0. The first-order valence-electron chi connectivity index (χ1n) is 11.6. The van der Waals surface area contributed by atoms with Gasteiger partial charge in [-0.2, -0.15) is 0 Å². The molecule has 0 aromatic heterocycles. The lowest BCUT2D eigenvalue weighted by atomic mass is 10.0. The average molecular weight is 471 g/mol. The minimum atomic E-state index is -0.971. The zero-order valence-corrected chi connectivity index (χ0v) is 20.7. The molecular formula is C26H38N4O4. The van der Waals surface area contributed by atoms with Crippen LogP contribution in [-0.4, -0.2) is 52.5 Å². The third-order valence-electron chi connectivity index (χ3n) is 5.02. The smallest absolute Gasteiger partial charge is 0.407 e. The fraction of sp³-hybridized carbons (Fsp3) is 0.462. The number of benzene rings is 2. The summed E-state index contributed by atoms with van der Waals surface area (Å²) in [6, 6.07) is 17.9. The number of amides is 3. The number of aliphatic hydroxyl groups excluding tert-OH is 1. The Kier molecular flexibility index (Phi) is 10.3. The summed E-state index contributed by atoms with van der Waals surface area (Å²) in [5.41, 5.74) is 4.24. The highest BCUT2D eigenvalue weighted by Crippen LogP contribution is 2.10. The summed E-state index contributed by atoms with van der Waals surface area (Å²) >= 11 is 0. The van der Waals surface area contributed by atoms with Crippen molar-refractivity contribution in [2.45, 2.75) is 71.4 Å². The number of hydrogen-bond donors (Lipinski definition) is 4. The number of alkyl carbamates (subject to hydrolysis) is 1. The first-order chi connectivity index (χ1) is 16.0. The van der Waals surface area contributed by atoms with E-state index in [0.29, 0.717) is 6.42 Å². The number of nitrogens with one attached hydrogen (secondary N) is 3. The van der Waals surface area contributed by atoms with Gasteiger partial charge in [0.2, 0.25) is 0 Å². The number of ether oxygens (including phenoxy) is 1. The Morgan fingerprint density at radius 2 is 1.53 bits per heavy atom. The maximum Gasteiger partial charge on any atom is 0.407 e. The summed E-state index contributed by atoms with van der Waals surface area (Å²) in [6.07, 6.45) is -1.18. The highest BCUT2D eigenvalue weighted by molar-refractivity contribution is 5.74. The van der Waals surface area contributed by atoms with E-state index in [1.807, 2.05) is 95.3 Å². The number of nitrogens with zero attached hydrogens (tertiary/aromatic N) is 1. The van der Waals surface area contributed by atoms with Crippen LogP contribution in [0.1, 0.15) is 45.7 Å². The molecule has 0 radical (unpaired) electrons. The van der Waals surface area contributed by atoms with Gasteiger partial charge in [0.25, 0.3) is 0 Å². The van der Waals surface area contributed by atoms with Crippen molar-refractivity contribution in [3.05, 3.63) is 71.8 Å². The molecule has 0 saturated carbocycles. The molecule has 0 fully saturated rings. The molecule has 4 N–H and O–H groups in total. The Bertz CT molecular complexity index is 885. The Morgan fingerprint density at radius 1 is 0.971 bits per heavy atom. The molecule has 0 aliphatic heterocycles. The predicted molar refractivity (Wildman–Crippen MR) is 133 cm³/mol. The van der Waals surface area contributed by atoms with Gasteiger partial charge in [0.15, 0.2) is 0 Å². The molecule has 2 aromatic rings. The summed E-state index contributed by atoms with van der Waals surface area (Å²) in [4.78, 5) is 24.9. The van der Waals surface area contributed by atoms with Crippen molar-refractivity contribution in [1.82, 2.24) is 21.1 Å². The average Bonchev–Trinajstić information content (AvgIpc) is 2.77. The molecule has 2 unspecified atom stereocenters. The maximum absolute atomic E-state index is 12.5. The van der Waals surface area contributed by atoms with Crippen LogP contribution in [-0.2, 0) is 17.8 Å². The van der Waals surface area contributed by atoms with E-state index in [4.69, 9.17) is 4.74 Å². The normalized spacial score (nSPS) is 13.3. The van der Waals surface area contributed by atoms with Crippen molar-refractivity contribution in [2.75, 3.05) is 6.54 Å². The molecule has 3 amide bonds. The molecule has 2 rings (SSSR count). The second-order valence-electron chi connectivity index (χ2n) is 9.63. The fourth-order valence-corrected chi connectivity index (χ4v) is 3.28. The topological polar surface area (TPSA) is 103 Å². The van der Waals surface area contributed by atoms with Crippen LogP contribution in [0.25, 0.3) is 0 Å². The Morgan fingerprint density at radius 3 is 2.06 bits per heavy atom. The van der Waals surface area contributed by atoms with Crippen LogP contribution in [0.4, 0.5) is 9.59 Å². The number of hydrazine groups is 1. The summed E-state index contributed by atoms with van der Waals surface area (Å²) in [5, 5.41) is 18.4. The molecule has 0 heterocycles. The van der Waals surface area contributed by atoms with E-state index in [0.717, 1.165) is 11.1 Å². The van der Waals surface area contributed by atoms with Crippen molar-refractivity contribution >= 4 is 12.1 Å². The van der Waals surface area contributed by atoms with Crippen LogP contribution in [0.15, 0.2) is 60.7 Å².